The fourth-order valence-corrected chi connectivity index (χ4v) is 0.126. The number of alkyl halides is 2. The lowest BCUT2D eigenvalue weighted by atomic mass is 10.5. The summed E-state index contributed by atoms with van der Waals surface area (Å²) in [5.74, 6) is 0. The van der Waals surface area contributed by atoms with Crippen molar-refractivity contribution in [2.45, 2.75) is 12.8 Å². The summed E-state index contributed by atoms with van der Waals surface area (Å²) in [6, 6.07) is 0. The molecular formula is C3H7F2N. The summed E-state index contributed by atoms with van der Waals surface area (Å²) >= 11 is 0. The van der Waals surface area contributed by atoms with E-state index in [-0.39, 0.29) is 13.0 Å². The highest BCUT2D eigenvalue weighted by molar-refractivity contribution is 4.37. The van der Waals surface area contributed by atoms with Crippen molar-refractivity contribution in [1.29, 1.82) is 0 Å². The Bertz CT molecular complexity index is 30.0. The summed E-state index contributed by atoms with van der Waals surface area (Å²) in [5, 5.41) is 0. The van der Waals surface area contributed by atoms with Gasteiger partial charge in [-0.3, -0.25) is 0 Å². The summed E-state index contributed by atoms with van der Waals surface area (Å²) in [6.07, 6.45) is -2.41. The van der Waals surface area contributed by atoms with E-state index in [2.05, 4.69) is 0 Å². The first-order valence-electron chi connectivity index (χ1n) is 1.75. The van der Waals surface area contributed by atoms with Gasteiger partial charge in [0.2, 0.25) is 6.43 Å². The Kier molecular flexibility index (Phi) is 2.94. The van der Waals surface area contributed by atoms with E-state index in [9.17, 15) is 8.78 Å². The Balaban J connectivity index is 2.63. The van der Waals surface area contributed by atoms with Crippen LogP contribution in [-0.4, -0.2) is 13.0 Å². The molecule has 6 heavy (non-hydrogen) atoms. The van der Waals surface area contributed by atoms with Gasteiger partial charge in [-0.2, -0.15) is 0 Å². The smallest absolute Gasteiger partial charge is 0.239 e. The Morgan fingerprint density at radius 2 is 2.00 bits per heavy atom. The van der Waals surface area contributed by atoms with Crippen molar-refractivity contribution in [3.8, 4) is 0 Å². The standard InChI is InChI=1S/C3H7F2N/c4-3(5)1-2-6/h3H,1-2,6H2. The number of halogens is 2. The minimum Gasteiger partial charge on any atom is -0.330 e. The van der Waals surface area contributed by atoms with E-state index < -0.39 is 6.43 Å². The van der Waals surface area contributed by atoms with Crippen molar-refractivity contribution in [3.05, 3.63) is 0 Å². The van der Waals surface area contributed by atoms with Gasteiger partial charge in [-0.25, -0.2) is 8.78 Å². The van der Waals surface area contributed by atoms with Gasteiger partial charge in [0.15, 0.2) is 0 Å². The van der Waals surface area contributed by atoms with Crippen LogP contribution in [-0.2, 0) is 0 Å². The number of hydrogen-bond donors (Lipinski definition) is 1. The van der Waals surface area contributed by atoms with Crippen LogP contribution in [0.5, 0.6) is 0 Å². The third kappa shape index (κ3) is 3.82. The van der Waals surface area contributed by atoms with Gasteiger partial charge in [-0.15, -0.1) is 0 Å². The number of hydrogen-bond acceptors (Lipinski definition) is 1. The quantitative estimate of drug-likeness (QED) is 0.534. The normalized spacial score (nSPS) is 10.0. The van der Waals surface area contributed by atoms with Crippen molar-refractivity contribution in [2.75, 3.05) is 6.54 Å². The second-order valence-corrected chi connectivity index (χ2v) is 0.968. The van der Waals surface area contributed by atoms with Gasteiger partial charge in [0.25, 0.3) is 0 Å². The lowest BCUT2D eigenvalue weighted by Crippen LogP contribution is -2.03. The molecule has 0 saturated heterocycles. The molecule has 2 N–H and O–H groups in total. The van der Waals surface area contributed by atoms with E-state index >= 15 is 0 Å². The maximum Gasteiger partial charge on any atom is 0.239 e. The summed E-state index contributed by atoms with van der Waals surface area (Å²) in [7, 11) is 0. The maximum atomic E-state index is 11.0. The predicted octanol–water partition coefficient (Wildman–Crippen LogP) is 0.600. The molecule has 0 aromatic rings. The van der Waals surface area contributed by atoms with Crippen molar-refractivity contribution in [3.63, 3.8) is 0 Å². The van der Waals surface area contributed by atoms with Gasteiger partial charge in [0.05, 0.1) is 0 Å². The average molecular weight is 95.1 g/mol. The highest BCUT2D eigenvalue weighted by Crippen LogP contribution is 1.93. The Hall–Kier alpha value is -0.180. The minimum atomic E-state index is -2.23. The van der Waals surface area contributed by atoms with E-state index in [1.54, 1.807) is 0 Å². The van der Waals surface area contributed by atoms with Gasteiger partial charge < -0.3 is 5.73 Å². The van der Waals surface area contributed by atoms with Gasteiger partial charge in [0.1, 0.15) is 0 Å². The number of nitrogens with two attached hydrogens (primary N) is 1. The molecule has 0 bridgehead atoms. The molecule has 0 rings (SSSR count). The van der Waals surface area contributed by atoms with Crippen molar-refractivity contribution >= 4 is 0 Å². The first-order valence-corrected chi connectivity index (χ1v) is 1.75. The fraction of sp³-hybridized carbons (Fsp3) is 1.00. The van der Waals surface area contributed by atoms with Crippen LogP contribution in [0.25, 0.3) is 0 Å². The molecule has 0 heterocycles. The van der Waals surface area contributed by atoms with E-state index in [0.29, 0.717) is 0 Å². The largest absolute Gasteiger partial charge is 0.330 e. The average Bonchev–Trinajstić information content (AvgIpc) is 1.35. The topological polar surface area (TPSA) is 26.0 Å². The molecule has 0 amide bonds. The van der Waals surface area contributed by atoms with Crippen LogP contribution in [0.15, 0.2) is 0 Å². The molecule has 0 radical (unpaired) electrons. The fourth-order valence-electron chi connectivity index (χ4n) is 0.126. The molecule has 1 nitrogen and oxygen atoms in total. The monoisotopic (exact) mass is 95.1 g/mol. The molecule has 0 spiro atoms. The molecule has 0 aliphatic rings. The Morgan fingerprint density at radius 1 is 1.50 bits per heavy atom. The minimum absolute atomic E-state index is 0.0810. The van der Waals surface area contributed by atoms with E-state index in [1.807, 2.05) is 0 Å². The predicted molar refractivity (Wildman–Crippen MR) is 19.7 cm³/mol. The zero-order chi connectivity index (χ0) is 4.99. The first kappa shape index (κ1) is 5.82. The van der Waals surface area contributed by atoms with Crippen LogP contribution in [0.1, 0.15) is 6.42 Å². The van der Waals surface area contributed by atoms with Crippen LogP contribution in [0.3, 0.4) is 0 Å². The first-order chi connectivity index (χ1) is 2.77. The van der Waals surface area contributed by atoms with Gasteiger partial charge >= 0.3 is 0 Å². The molecule has 0 fully saturated rings. The third-order valence-electron chi connectivity index (χ3n) is 0.385. The van der Waals surface area contributed by atoms with Crippen molar-refractivity contribution < 1.29 is 8.78 Å². The molecule has 0 unspecified atom stereocenters. The van der Waals surface area contributed by atoms with Crippen LogP contribution in [0.4, 0.5) is 8.78 Å². The van der Waals surface area contributed by atoms with E-state index in [0.717, 1.165) is 0 Å². The lowest BCUT2D eigenvalue weighted by molar-refractivity contribution is 0.140. The molecule has 0 atom stereocenters. The number of rotatable bonds is 2. The summed E-state index contributed by atoms with van der Waals surface area (Å²) in [5.41, 5.74) is 4.75. The van der Waals surface area contributed by atoms with Crippen molar-refractivity contribution in [1.82, 2.24) is 0 Å². The second-order valence-electron chi connectivity index (χ2n) is 0.968. The van der Waals surface area contributed by atoms with Crippen LogP contribution >= 0.6 is 0 Å². The highest BCUT2D eigenvalue weighted by atomic mass is 19.3. The Morgan fingerprint density at radius 3 is 2.00 bits per heavy atom. The van der Waals surface area contributed by atoms with E-state index in [4.69, 9.17) is 5.73 Å². The second kappa shape index (κ2) is 3.03. The third-order valence-corrected chi connectivity index (χ3v) is 0.385. The highest BCUT2D eigenvalue weighted by Gasteiger charge is 1.95. The zero-order valence-corrected chi connectivity index (χ0v) is 3.32. The summed E-state index contributed by atoms with van der Waals surface area (Å²) in [6.45, 7) is 0.0810. The Labute approximate surface area is 35.1 Å². The molecule has 0 saturated carbocycles. The lowest BCUT2D eigenvalue weighted by Gasteiger charge is -1.88. The van der Waals surface area contributed by atoms with E-state index in [1.165, 1.54) is 0 Å². The van der Waals surface area contributed by atoms with Gasteiger partial charge in [0, 0.05) is 6.42 Å². The zero-order valence-electron chi connectivity index (χ0n) is 3.32. The molecule has 0 aliphatic heterocycles. The molecule has 0 aliphatic carbocycles. The SMILES string of the molecule is NCCC(F)F. The van der Waals surface area contributed by atoms with Crippen LogP contribution < -0.4 is 5.73 Å². The van der Waals surface area contributed by atoms with Gasteiger partial charge in [-0.1, -0.05) is 0 Å². The van der Waals surface area contributed by atoms with Crippen molar-refractivity contribution in [2.24, 2.45) is 5.73 Å². The summed E-state index contributed by atoms with van der Waals surface area (Å²) in [4.78, 5) is 0. The van der Waals surface area contributed by atoms with Crippen LogP contribution in [0, 0.1) is 0 Å². The molecular weight excluding hydrogens is 88.0 g/mol. The maximum absolute atomic E-state index is 11.0. The van der Waals surface area contributed by atoms with Crippen LogP contribution in [0.2, 0.25) is 0 Å². The van der Waals surface area contributed by atoms with Gasteiger partial charge in [-0.05, 0) is 6.54 Å². The molecule has 3 heteroatoms. The molecule has 38 valence electrons. The molecule has 0 aromatic heterocycles. The molecule has 0 aromatic carbocycles. The summed E-state index contributed by atoms with van der Waals surface area (Å²) < 4.78 is 21.9.